The van der Waals surface area contributed by atoms with E-state index in [0.717, 1.165) is 30.4 Å². The first-order valence-corrected chi connectivity index (χ1v) is 7.19. The molecule has 2 N–H and O–H groups in total. The van der Waals surface area contributed by atoms with Crippen LogP contribution in [0, 0.1) is 0 Å². The SMILES string of the molecule is CC(C)=CC(=O)NCCCCC(C)NC(=O)C=C(C)C. The van der Waals surface area contributed by atoms with Crippen LogP contribution in [0.15, 0.2) is 23.3 Å². The lowest BCUT2D eigenvalue weighted by atomic mass is 10.1. The molecule has 1 atom stereocenters. The summed E-state index contributed by atoms with van der Waals surface area (Å²) in [5.41, 5.74) is 2.00. The van der Waals surface area contributed by atoms with Crippen LogP contribution < -0.4 is 10.6 Å². The van der Waals surface area contributed by atoms with Crippen LogP contribution in [0.5, 0.6) is 0 Å². The van der Waals surface area contributed by atoms with E-state index in [1.54, 1.807) is 12.2 Å². The molecule has 2 amide bonds. The lowest BCUT2D eigenvalue weighted by molar-refractivity contribution is -0.117. The Morgan fingerprint density at radius 2 is 1.50 bits per heavy atom. The minimum Gasteiger partial charge on any atom is -0.353 e. The van der Waals surface area contributed by atoms with E-state index in [2.05, 4.69) is 10.6 Å². The average molecular weight is 280 g/mol. The topological polar surface area (TPSA) is 58.2 Å². The molecule has 0 rings (SSSR count). The number of unbranched alkanes of at least 4 members (excludes halogenated alkanes) is 1. The maximum absolute atomic E-state index is 11.5. The first-order valence-electron chi connectivity index (χ1n) is 7.19. The lowest BCUT2D eigenvalue weighted by Crippen LogP contribution is -2.31. The van der Waals surface area contributed by atoms with Crippen molar-refractivity contribution in [2.24, 2.45) is 0 Å². The van der Waals surface area contributed by atoms with Gasteiger partial charge in [0.2, 0.25) is 11.8 Å². The van der Waals surface area contributed by atoms with E-state index in [1.165, 1.54) is 0 Å². The van der Waals surface area contributed by atoms with Gasteiger partial charge in [-0.05, 0) is 53.9 Å². The minimum absolute atomic E-state index is 0.0325. The van der Waals surface area contributed by atoms with Crippen LogP contribution >= 0.6 is 0 Å². The summed E-state index contributed by atoms with van der Waals surface area (Å²) in [4.78, 5) is 22.8. The molecule has 0 spiro atoms. The zero-order valence-corrected chi connectivity index (χ0v) is 13.4. The molecule has 0 saturated heterocycles. The van der Waals surface area contributed by atoms with Gasteiger partial charge in [0.05, 0.1) is 0 Å². The molecular weight excluding hydrogens is 252 g/mol. The van der Waals surface area contributed by atoms with Crippen LogP contribution in [0.3, 0.4) is 0 Å². The van der Waals surface area contributed by atoms with Crippen molar-refractivity contribution in [2.45, 2.75) is 59.9 Å². The number of amides is 2. The number of nitrogens with one attached hydrogen (secondary N) is 2. The van der Waals surface area contributed by atoms with Gasteiger partial charge in [0.25, 0.3) is 0 Å². The minimum atomic E-state index is -0.0330. The molecule has 0 fully saturated rings. The van der Waals surface area contributed by atoms with Crippen LogP contribution in [-0.2, 0) is 9.59 Å². The summed E-state index contributed by atoms with van der Waals surface area (Å²) < 4.78 is 0. The molecule has 114 valence electrons. The number of carbonyl (C=O) groups excluding carboxylic acids is 2. The summed E-state index contributed by atoms with van der Waals surface area (Å²) in [6.07, 6.45) is 6.02. The van der Waals surface area contributed by atoms with Gasteiger partial charge in [0.1, 0.15) is 0 Å². The van der Waals surface area contributed by atoms with E-state index >= 15 is 0 Å². The molecule has 0 aliphatic carbocycles. The van der Waals surface area contributed by atoms with E-state index in [4.69, 9.17) is 0 Å². The third-order valence-electron chi connectivity index (χ3n) is 2.59. The number of allylic oxidation sites excluding steroid dienone is 2. The standard InChI is InChI=1S/C16H28N2O2/c1-12(2)10-15(19)17-9-7-6-8-14(5)18-16(20)11-13(3)4/h10-11,14H,6-9H2,1-5H3,(H,17,19)(H,18,20). The summed E-state index contributed by atoms with van der Waals surface area (Å²) in [5, 5.41) is 5.77. The Morgan fingerprint density at radius 1 is 0.950 bits per heavy atom. The van der Waals surface area contributed by atoms with Gasteiger partial charge in [-0.3, -0.25) is 9.59 Å². The third-order valence-corrected chi connectivity index (χ3v) is 2.59. The monoisotopic (exact) mass is 280 g/mol. The van der Waals surface area contributed by atoms with Crippen LogP contribution in [-0.4, -0.2) is 24.4 Å². The highest BCUT2D eigenvalue weighted by molar-refractivity contribution is 5.88. The highest BCUT2D eigenvalue weighted by Crippen LogP contribution is 2.00. The number of hydrogen-bond donors (Lipinski definition) is 2. The zero-order valence-electron chi connectivity index (χ0n) is 13.4. The molecule has 1 unspecified atom stereocenters. The van der Waals surface area contributed by atoms with Crippen molar-refractivity contribution in [2.75, 3.05) is 6.54 Å². The van der Waals surface area contributed by atoms with Gasteiger partial charge in [-0.25, -0.2) is 0 Å². The third kappa shape index (κ3) is 11.5. The maximum Gasteiger partial charge on any atom is 0.244 e. The fourth-order valence-corrected chi connectivity index (χ4v) is 1.72. The summed E-state index contributed by atoms with van der Waals surface area (Å²) in [6, 6.07) is 0.159. The van der Waals surface area contributed by atoms with Gasteiger partial charge in [-0.1, -0.05) is 11.1 Å². The van der Waals surface area contributed by atoms with Crippen LogP contribution in [0.1, 0.15) is 53.9 Å². The quantitative estimate of drug-likeness (QED) is 0.530. The predicted molar refractivity (Wildman–Crippen MR) is 83.3 cm³/mol. The Labute approximate surface area is 122 Å². The zero-order chi connectivity index (χ0) is 15.5. The van der Waals surface area contributed by atoms with Crippen molar-refractivity contribution >= 4 is 11.8 Å². The first kappa shape index (κ1) is 18.4. The van der Waals surface area contributed by atoms with Crippen LogP contribution in [0.25, 0.3) is 0 Å². The van der Waals surface area contributed by atoms with Crippen LogP contribution in [0.4, 0.5) is 0 Å². The van der Waals surface area contributed by atoms with Gasteiger partial charge >= 0.3 is 0 Å². The Morgan fingerprint density at radius 3 is 2.05 bits per heavy atom. The van der Waals surface area contributed by atoms with Crippen molar-refractivity contribution in [3.05, 3.63) is 23.3 Å². The van der Waals surface area contributed by atoms with E-state index in [0.29, 0.717) is 6.54 Å². The second-order valence-electron chi connectivity index (χ2n) is 5.64. The van der Waals surface area contributed by atoms with Gasteiger partial charge in [-0.15, -0.1) is 0 Å². The molecular formula is C16H28N2O2. The van der Waals surface area contributed by atoms with Crippen molar-refractivity contribution in [3.8, 4) is 0 Å². The summed E-state index contributed by atoms with van der Waals surface area (Å²) in [5.74, 6) is -0.0655. The van der Waals surface area contributed by atoms with Crippen molar-refractivity contribution in [1.29, 1.82) is 0 Å². The summed E-state index contributed by atoms with van der Waals surface area (Å²) in [6.45, 7) is 10.3. The van der Waals surface area contributed by atoms with Crippen molar-refractivity contribution in [3.63, 3.8) is 0 Å². The van der Waals surface area contributed by atoms with Crippen molar-refractivity contribution < 1.29 is 9.59 Å². The molecule has 4 heteroatoms. The number of hydrogen-bond acceptors (Lipinski definition) is 2. The molecule has 0 saturated carbocycles. The van der Waals surface area contributed by atoms with E-state index < -0.39 is 0 Å². The van der Waals surface area contributed by atoms with Gasteiger partial charge in [0.15, 0.2) is 0 Å². The van der Waals surface area contributed by atoms with E-state index in [-0.39, 0.29) is 17.9 Å². The Hall–Kier alpha value is -1.58. The molecule has 0 aromatic carbocycles. The highest BCUT2D eigenvalue weighted by Gasteiger charge is 2.04. The second-order valence-corrected chi connectivity index (χ2v) is 5.64. The first-order chi connectivity index (χ1) is 9.31. The molecule has 20 heavy (non-hydrogen) atoms. The van der Waals surface area contributed by atoms with Gasteiger partial charge in [0, 0.05) is 24.7 Å². The Kier molecular flexibility index (Phi) is 9.43. The average Bonchev–Trinajstić information content (AvgIpc) is 2.25. The Balaban J connectivity index is 3.70. The number of rotatable bonds is 8. The molecule has 0 heterocycles. The summed E-state index contributed by atoms with van der Waals surface area (Å²) in [7, 11) is 0. The fraction of sp³-hybridized carbons (Fsp3) is 0.625. The van der Waals surface area contributed by atoms with Gasteiger partial charge < -0.3 is 10.6 Å². The molecule has 0 aromatic rings. The molecule has 0 aliphatic heterocycles. The Bertz CT molecular complexity index is 376. The second kappa shape index (κ2) is 10.2. The van der Waals surface area contributed by atoms with Crippen LogP contribution in [0.2, 0.25) is 0 Å². The normalized spacial score (nSPS) is 11.2. The molecule has 0 aromatic heterocycles. The highest BCUT2D eigenvalue weighted by atomic mass is 16.2. The van der Waals surface area contributed by atoms with Crippen molar-refractivity contribution in [1.82, 2.24) is 10.6 Å². The molecule has 0 aliphatic rings. The maximum atomic E-state index is 11.5. The predicted octanol–water partition coefficient (Wildman–Crippen LogP) is 2.71. The van der Waals surface area contributed by atoms with Gasteiger partial charge in [-0.2, -0.15) is 0 Å². The number of carbonyl (C=O) groups is 2. The molecule has 0 bridgehead atoms. The summed E-state index contributed by atoms with van der Waals surface area (Å²) >= 11 is 0. The lowest BCUT2D eigenvalue weighted by Gasteiger charge is -2.12. The molecule has 4 nitrogen and oxygen atoms in total. The molecule has 0 radical (unpaired) electrons. The van der Waals surface area contributed by atoms with E-state index in [1.807, 2.05) is 34.6 Å². The fourth-order valence-electron chi connectivity index (χ4n) is 1.72. The smallest absolute Gasteiger partial charge is 0.244 e. The van der Waals surface area contributed by atoms with E-state index in [9.17, 15) is 9.59 Å². The largest absolute Gasteiger partial charge is 0.353 e.